The van der Waals surface area contributed by atoms with E-state index in [1.807, 2.05) is 26.8 Å². The number of ether oxygens (including phenoxy) is 5. The van der Waals surface area contributed by atoms with Crippen molar-refractivity contribution in [2.24, 2.45) is 0 Å². The summed E-state index contributed by atoms with van der Waals surface area (Å²) in [6.45, 7) is 6.79. The van der Waals surface area contributed by atoms with Crippen LogP contribution in [0.25, 0.3) is 0 Å². The van der Waals surface area contributed by atoms with Crippen molar-refractivity contribution < 1.29 is 56.4 Å². The summed E-state index contributed by atoms with van der Waals surface area (Å²) in [5.74, 6) is -2.07. The normalized spacial score (nSPS) is 11.6. The summed E-state index contributed by atoms with van der Waals surface area (Å²) in [7, 11) is -3.94. The zero-order valence-corrected chi connectivity index (χ0v) is 38.6. The first-order valence-corrected chi connectivity index (χ1v) is 24.0. The average Bonchev–Trinajstić information content (AvgIpc) is 3.23. The van der Waals surface area contributed by atoms with Gasteiger partial charge in [-0.15, -0.1) is 0 Å². The van der Waals surface area contributed by atoms with Gasteiger partial charge in [0.25, 0.3) is 15.9 Å². The first-order chi connectivity index (χ1) is 30.2. The lowest BCUT2D eigenvalue weighted by molar-refractivity contribution is -0.155. The Balaban J connectivity index is 1.48. The third-order valence-electron chi connectivity index (χ3n) is 9.42. The number of aliphatic carboxylic acids is 1. The van der Waals surface area contributed by atoms with Crippen LogP contribution in [0.15, 0.2) is 41.6 Å². The SMILES string of the molecule is CC(C)(C)OC(=O)CCCCCCCCCCCCCCCCCc1cccc(S(=O)(=O)Nc2ncc(C(=O)NCCOCCOCC(=O)NCCOCCOCC(=O)O)cn2)c1. The number of rotatable bonds is 38. The molecule has 1 aromatic heterocycles. The number of amides is 2. The number of unbranched alkanes of at least 4 members (excludes halogenated alkanes) is 14. The van der Waals surface area contributed by atoms with Crippen molar-refractivity contribution in [1.82, 2.24) is 20.6 Å². The highest BCUT2D eigenvalue weighted by Crippen LogP contribution is 2.18. The molecule has 2 aromatic rings. The molecule has 17 nitrogen and oxygen atoms in total. The highest BCUT2D eigenvalue weighted by atomic mass is 32.2. The summed E-state index contributed by atoms with van der Waals surface area (Å²) in [5.41, 5.74) is 0.698. The van der Waals surface area contributed by atoms with E-state index in [1.54, 1.807) is 12.1 Å². The van der Waals surface area contributed by atoms with Crippen molar-refractivity contribution in [3.63, 3.8) is 0 Å². The average molecular weight is 908 g/mol. The summed E-state index contributed by atoms with van der Waals surface area (Å²) in [6.07, 6.45) is 21.7. The molecule has 18 heteroatoms. The Morgan fingerprint density at radius 2 is 1.16 bits per heavy atom. The first-order valence-electron chi connectivity index (χ1n) is 22.5. The smallest absolute Gasteiger partial charge is 0.329 e. The number of carboxylic acid groups (broad SMARTS) is 1. The van der Waals surface area contributed by atoms with E-state index in [2.05, 4.69) is 25.3 Å². The second kappa shape index (κ2) is 33.3. The predicted molar refractivity (Wildman–Crippen MR) is 239 cm³/mol. The number of benzene rings is 1. The molecule has 1 aromatic carbocycles. The minimum Gasteiger partial charge on any atom is -0.480 e. The molecule has 0 saturated heterocycles. The molecule has 63 heavy (non-hydrogen) atoms. The third kappa shape index (κ3) is 29.7. The largest absolute Gasteiger partial charge is 0.480 e. The topological polar surface area (TPSA) is 231 Å². The molecule has 1 heterocycles. The number of carboxylic acids is 1. The minimum atomic E-state index is -3.94. The predicted octanol–water partition coefficient (Wildman–Crippen LogP) is 6.40. The van der Waals surface area contributed by atoms with E-state index in [1.165, 1.54) is 89.1 Å². The van der Waals surface area contributed by atoms with Crippen LogP contribution in [0, 0.1) is 0 Å². The molecule has 4 N–H and O–H groups in total. The number of aryl methyl sites for hydroxylation is 1. The molecule has 0 radical (unpaired) electrons. The fourth-order valence-corrected chi connectivity index (χ4v) is 7.28. The number of nitrogens with one attached hydrogen (secondary N) is 3. The Hall–Kier alpha value is -4.23. The maximum absolute atomic E-state index is 13.1. The van der Waals surface area contributed by atoms with Crippen LogP contribution in [0.1, 0.15) is 139 Å². The van der Waals surface area contributed by atoms with Gasteiger partial charge in [-0.1, -0.05) is 95.6 Å². The number of carbonyl (C=O) groups excluding carboxylic acids is 3. The van der Waals surface area contributed by atoms with Gasteiger partial charge in [0, 0.05) is 31.9 Å². The molecule has 0 saturated carbocycles. The van der Waals surface area contributed by atoms with Gasteiger partial charge in [-0.05, 0) is 57.7 Å². The Morgan fingerprint density at radius 1 is 0.651 bits per heavy atom. The fraction of sp³-hybridized carbons (Fsp3) is 0.689. The van der Waals surface area contributed by atoms with Gasteiger partial charge in [0.15, 0.2) is 0 Å². The highest BCUT2D eigenvalue weighted by Gasteiger charge is 2.18. The van der Waals surface area contributed by atoms with Gasteiger partial charge in [0.2, 0.25) is 11.9 Å². The van der Waals surface area contributed by atoms with Crippen molar-refractivity contribution in [2.45, 2.75) is 140 Å². The van der Waals surface area contributed by atoms with E-state index in [4.69, 9.17) is 28.8 Å². The monoisotopic (exact) mass is 907 g/mol. The Morgan fingerprint density at radius 3 is 1.71 bits per heavy atom. The Bertz CT molecular complexity index is 1690. The van der Waals surface area contributed by atoms with Crippen LogP contribution in [0.4, 0.5) is 5.95 Å². The quantitative estimate of drug-likeness (QED) is 0.0422. The van der Waals surface area contributed by atoms with Crippen LogP contribution < -0.4 is 15.4 Å². The molecule has 0 bridgehead atoms. The number of hydrogen-bond donors (Lipinski definition) is 4. The minimum absolute atomic E-state index is 0.0913. The van der Waals surface area contributed by atoms with Gasteiger partial charge in [-0.3, -0.25) is 14.4 Å². The van der Waals surface area contributed by atoms with Gasteiger partial charge < -0.3 is 39.4 Å². The van der Waals surface area contributed by atoms with Crippen molar-refractivity contribution in [3.8, 4) is 0 Å². The molecule has 0 spiro atoms. The van der Waals surface area contributed by atoms with E-state index in [9.17, 15) is 27.6 Å². The summed E-state index contributed by atoms with van der Waals surface area (Å²) >= 11 is 0. The molecule has 2 rings (SSSR count). The van der Waals surface area contributed by atoms with Gasteiger partial charge in [0.05, 0.1) is 50.1 Å². The number of esters is 1. The lowest BCUT2D eigenvalue weighted by Gasteiger charge is -2.19. The summed E-state index contributed by atoms with van der Waals surface area (Å²) in [4.78, 5) is 54.5. The first kappa shape index (κ1) is 54.9. The number of anilines is 1. The zero-order chi connectivity index (χ0) is 46.0. The lowest BCUT2D eigenvalue weighted by Crippen LogP contribution is -2.31. The second-order valence-corrected chi connectivity index (χ2v) is 17.9. The molecule has 0 atom stereocenters. The second-order valence-electron chi connectivity index (χ2n) is 16.3. The van der Waals surface area contributed by atoms with Gasteiger partial charge >= 0.3 is 11.9 Å². The van der Waals surface area contributed by atoms with Crippen LogP contribution in [0.2, 0.25) is 0 Å². The molecular formula is C45H73N5O12S. The van der Waals surface area contributed by atoms with E-state index < -0.39 is 27.5 Å². The molecule has 0 aliphatic rings. The summed E-state index contributed by atoms with van der Waals surface area (Å²) < 4.78 is 54.7. The van der Waals surface area contributed by atoms with Crippen LogP contribution >= 0.6 is 0 Å². The van der Waals surface area contributed by atoms with Crippen molar-refractivity contribution in [1.29, 1.82) is 0 Å². The van der Waals surface area contributed by atoms with Crippen LogP contribution in [0.3, 0.4) is 0 Å². The summed E-state index contributed by atoms with van der Waals surface area (Å²) in [6, 6.07) is 6.88. The lowest BCUT2D eigenvalue weighted by atomic mass is 10.0. The number of carbonyl (C=O) groups is 4. The van der Waals surface area contributed by atoms with Gasteiger partial charge in [-0.2, -0.15) is 0 Å². The van der Waals surface area contributed by atoms with E-state index in [0.717, 1.165) is 37.7 Å². The van der Waals surface area contributed by atoms with Crippen LogP contribution in [-0.2, 0) is 54.5 Å². The molecule has 0 unspecified atom stereocenters. The maximum Gasteiger partial charge on any atom is 0.329 e. The van der Waals surface area contributed by atoms with E-state index in [-0.39, 0.29) is 94.2 Å². The highest BCUT2D eigenvalue weighted by molar-refractivity contribution is 7.92. The number of hydrogen-bond acceptors (Lipinski definition) is 13. The zero-order valence-electron chi connectivity index (χ0n) is 37.8. The molecule has 356 valence electrons. The van der Waals surface area contributed by atoms with Crippen LogP contribution in [-0.4, -0.2) is 119 Å². The van der Waals surface area contributed by atoms with Crippen molar-refractivity contribution >= 4 is 39.7 Å². The molecule has 0 aliphatic heterocycles. The van der Waals surface area contributed by atoms with Crippen molar-refractivity contribution in [3.05, 3.63) is 47.8 Å². The van der Waals surface area contributed by atoms with Crippen molar-refractivity contribution in [2.75, 3.05) is 70.7 Å². The molecular weight excluding hydrogens is 835 g/mol. The Kier molecular flexibility index (Phi) is 29.0. The fourth-order valence-electron chi connectivity index (χ4n) is 6.25. The number of aromatic nitrogens is 2. The summed E-state index contributed by atoms with van der Waals surface area (Å²) in [5, 5.41) is 13.8. The van der Waals surface area contributed by atoms with E-state index in [0.29, 0.717) is 6.42 Å². The molecule has 2 amide bonds. The number of sulfonamides is 1. The van der Waals surface area contributed by atoms with E-state index >= 15 is 0 Å². The van der Waals surface area contributed by atoms with Gasteiger partial charge in [-0.25, -0.2) is 27.9 Å². The molecule has 0 aliphatic carbocycles. The van der Waals surface area contributed by atoms with Gasteiger partial charge in [0.1, 0.15) is 18.8 Å². The number of nitrogens with zero attached hydrogens (tertiary/aromatic N) is 2. The van der Waals surface area contributed by atoms with Crippen LogP contribution in [0.5, 0.6) is 0 Å². The maximum atomic E-state index is 13.1. The Labute approximate surface area is 374 Å². The molecule has 0 fully saturated rings. The standard InChI is InChI=1S/C45H73N5O12S/c1-45(2,3)62-42(54)23-18-16-14-12-10-8-6-4-5-7-9-11-13-15-17-20-37-21-19-22-39(32-37)63(56,57)50-44-48-33-38(34-49-44)43(55)47-25-27-59-28-30-60-35-40(51)46-24-26-58-29-31-61-36-41(52)53/h19,21-22,32-34H,4-18,20,23-31,35-36H2,1-3H3,(H,46,51)(H,47,55)(H,52,53)(H,48,49,50). The third-order valence-corrected chi connectivity index (χ3v) is 10.7.